The molecule has 0 radical (unpaired) electrons. The highest BCUT2D eigenvalue weighted by molar-refractivity contribution is 6.06. The Morgan fingerprint density at radius 2 is 2.00 bits per heavy atom. The van der Waals surface area contributed by atoms with E-state index < -0.39 is 11.0 Å². The van der Waals surface area contributed by atoms with Crippen molar-refractivity contribution in [1.82, 2.24) is 0 Å². The molecule has 1 aromatic rings. The molecule has 1 unspecified atom stereocenters. The molecule has 18 heavy (non-hydrogen) atoms. The second kappa shape index (κ2) is 3.84. The van der Waals surface area contributed by atoms with Gasteiger partial charge in [-0.05, 0) is 13.8 Å². The second-order valence-electron chi connectivity index (χ2n) is 4.92. The van der Waals surface area contributed by atoms with Crippen LogP contribution in [-0.4, -0.2) is 18.0 Å². The van der Waals surface area contributed by atoms with Crippen LogP contribution < -0.4 is 0 Å². The van der Waals surface area contributed by atoms with Crippen LogP contribution in [0, 0.1) is 5.41 Å². The number of fused-ring (bicyclic) bond motifs is 1. The van der Waals surface area contributed by atoms with Crippen LogP contribution in [0.25, 0.3) is 0 Å². The molecule has 0 amide bonds. The van der Waals surface area contributed by atoms with Crippen LogP contribution in [0.4, 0.5) is 0 Å². The Bertz CT molecular complexity index is 565. The summed E-state index contributed by atoms with van der Waals surface area (Å²) in [6, 6.07) is 7.02. The van der Waals surface area contributed by atoms with Gasteiger partial charge in [-0.1, -0.05) is 36.6 Å². The van der Waals surface area contributed by atoms with Gasteiger partial charge in [0.25, 0.3) is 0 Å². The van der Waals surface area contributed by atoms with Gasteiger partial charge in [0.05, 0.1) is 12.5 Å². The molecule has 1 atom stereocenters. The summed E-state index contributed by atoms with van der Waals surface area (Å²) in [4.78, 5) is 12.4. The maximum Gasteiger partial charge on any atom is 0.174 e. The fourth-order valence-corrected chi connectivity index (χ4v) is 2.59. The third-order valence-corrected chi connectivity index (χ3v) is 3.73. The van der Waals surface area contributed by atoms with Crippen molar-refractivity contribution >= 4 is 5.78 Å². The first-order valence-electron chi connectivity index (χ1n) is 5.72. The minimum atomic E-state index is -1.52. The maximum absolute atomic E-state index is 12.4. The number of aliphatic hydroxyl groups is 1. The Hall–Kier alpha value is -1.83. The number of hydrogen-bond acceptors (Lipinski definition) is 3. The zero-order chi connectivity index (χ0) is 13.6. The lowest BCUT2D eigenvalue weighted by atomic mass is 9.74. The Labute approximate surface area is 106 Å². The molecule has 1 N–H and O–H groups in total. The molecule has 0 spiro atoms. The zero-order valence-electron chi connectivity index (χ0n) is 10.8. The van der Waals surface area contributed by atoms with Gasteiger partial charge in [-0.25, -0.2) is 0 Å². The molecule has 1 aromatic carbocycles. The molecular formula is C15H16O3. The minimum Gasteiger partial charge on any atom is -0.490 e. The van der Waals surface area contributed by atoms with Crippen LogP contribution in [0.15, 0.2) is 42.3 Å². The molecule has 0 saturated heterocycles. The zero-order valence-corrected chi connectivity index (χ0v) is 10.8. The molecule has 0 aliphatic heterocycles. The van der Waals surface area contributed by atoms with Crippen molar-refractivity contribution in [3.63, 3.8) is 0 Å². The number of rotatable bonds is 2. The summed E-state index contributed by atoms with van der Waals surface area (Å²) in [5, 5.41) is 11.0. The highest BCUT2D eigenvalue weighted by Crippen LogP contribution is 2.53. The summed E-state index contributed by atoms with van der Waals surface area (Å²) < 4.78 is 5.17. The lowest BCUT2D eigenvalue weighted by Gasteiger charge is -2.35. The average Bonchev–Trinajstić information content (AvgIpc) is 2.52. The van der Waals surface area contributed by atoms with Gasteiger partial charge in [0.1, 0.15) is 0 Å². The lowest BCUT2D eigenvalue weighted by molar-refractivity contribution is -0.0505. The molecule has 0 saturated carbocycles. The van der Waals surface area contributed by atoms with E-state index in [-0.39, 0.29) is 11.5 Å². The normalized spacial score (nSPS) is 24.3. The van der Waals surface area contributed by atoms with Gasteiger partial charge in [0.15, 0.2) is 17.1 Å². The lowest BCUT2D eigenvalue weighted by Crippen LogP contribution is -2.43. The molecule has 3 nitrogen and oxygen atoms in total. The maximum atomic E-state index is 12.4. The van der Waals surface area contributed by atoms with Gasteiger partial charge in [-0.2, -0.15) is 0 Å². The molecule has 3 heteroatoms. The smallest absolute Gasteiger partial charge is 0.174 e. The third-order valence-electron chi connectivity index (χ3n) is 3.73. The predicted molar refractivity (Wildman–Crippen MR) is 68.1 cm³/mol. The summed E-state index contributed by atoms with van der Waals surface area (Å²) in [6.45, 7) is 6.93. The van der Waals surface area contributed by atoms with E-state index in [1.807, 2.05) is 0 Å². The molecular weight excluding hydrogens is 228 g/mol. The van der Waals surface area contributed by atoms with Crippen LogP contribution in [0.5, 0.6) is 0 Å². The highest BCUT2D eigenvalue weighted by atomic mass is 16.5. The topological polar surface area (TPSA) is 46.5 Å². The summed E-state index contributed by atoms with van der Waals surface area (Å²) in [6.07, 6.45) is 0. The number of benzene rings is 1. The molecule has 94 valence electrons. The quantitative estimate of drug-likeness (QED) is 0.642. The summed E-state index contributed by atoms with van der Waals surface area (Å²) in [5.41, 5.74) is 1.14. The van der Waals surface area contributed by atoms with Crippen molar-refractivity contribution < 1.29 is 14.6 Å². The van der Waals surface area contributed by atoms with Crippen LogP contribution >= 0.6 is 0 Å². The van der Waals surface area contributed by atoms with Crippen LogP contribution in [0.3, 0.4) is 0 Å². The van der Waals surface area contributed by atoms with Gasteiger partial charge in [0, 0.05) is 11.1 Å². The van der Waals surface area contributed by atoms with E-state index in [0.717, 1.165) is 0 Å². The predicted octanol–water partition coefficient (Wildman–Crippen LogP) is 2.41. The molecule has 0 bridgehead atoms. The van der Waals surface area contributed by atoms with Crippen LogP contribution in [0.1, 0.15) is 29.8 Å². The van der Waals surface area contributed by atoms with Crippen LogP contribution in [0.2, 0.25) is 0 Å². The van der Waals surface area contributed by atoms with Gasteiger partial charge in [-0.3, -0.25) is 4.79 Å². The van der Waals surface area contributed by atoms with Gasteiger partial charge in [-0.15, -0.1) is 0 Å². The fraction of sp³-hybridized carbons (Fsp3) is 0.333. The van der Waals surface area contributed by atoms with Crippen molar-refractivity contribution in [1.29, 1.82) is 0 Å². The SMILES string of the molecule is C=C=C(OC)C1(O)c2ccccc2C(=O)C1(C)C. The van der Waals surface area contributed by atoms with Gasteiger partial charge < -0.3 is 9.84 Å². The Balaban J connectivity index is 2.81. The van der Waals surface area contributed by atoms with E-state index in [1.165, 1.54) is 7.11 Å². The monoisotopic (exact) mass is 244 g/mol. The third kappa shape index (κ3) is 1.26. The van der Waals surface area contributed by atoms with E-state index in [2.05, 4.69) is 12.3 Å². The molecule has 1 aliphatic carbocycles. The number of carbonyl (C=O) groups is 1. The van der Waals surface area contributed by atoms with Crippen molar-refractivity contribution in [2.45, 2.75) is 19.4 Å². The summed E-state index contributed by atoms with van der Waals surface area (Å²) in [7, 11) is 1.44. The fourth-order valence-electron chi connectivity index (χ4n) is 2.59. The molecule has 0 aromatic heterocycles. The molecule has 0 heterocycles. The Morgan fingerprint density at radius 3 is 2.56 bits per heavy atom. The largest absolute Gasteiger partial charge is 0.490 e. The first-order chi connectivity index (χ1) is 8.41. The number of methoxy groups -OCH3 is 1. The van der Waals surface area contributed by atoms with E-state index in [9.17, 15) is 9.90 Å². The minimum absolute atomic E-state index is 0.106. The average molecular weight is 244 g/mol. The Morgan fingerprint density at radius 1 is 1.39 bits per heavy atom. The number of carbonyl (C=O) groups excluding carboxylic acids is 1. The van der Waals surface area contributed by atoms with E-state index in [1.54, 1.807) is 38.1 Å². The molecule has 2 rings (SSSR count). The van der Waals surface area contributed by atoms with Crippen molar-refractivity contribution in [3.8, 4) is 0 Å². The van der Waals surface area contributed by atoms with E-state index in [4.69, 9.17) is 4.74 Å². The summed E-state index contributed by atoms with van der Waals surface area (Å²) in [5.74, 6) is 0.0659. The summed E-state index contributed by atoms with van der Waals surface area (Å²) >= 11 is 0. The van der Waals surface area contributed by atoms with E-state index >= 15 is 0 Å². The number of ether oxygens (including phenoxy) is 1. The van der Waals surface area contributed by atoms with E-state index in [0.29, 0.717) is 11.1 Å². The first-order valence-corrected chi connectivity index (χ1v) is 5.72. The Kier molecular flexibility index (Phi) is 2.69. The van der Waals surface area contributed by atoms with Crippen LogP contribution in [-0.2, 0) is 10.3 Å². The molecule has 0 fully saturated rings. The second-order valence-corrected chi connectivity index (χ2v) is 4.92. The first kappa shape index (κ1) is 12.6. The number of Topliss-reactive ketones (excluding diaryl/α,β-unsaturated/α-hetero) is 1. The number of hydrogen-bond donors (Lipinski definition) is 1. The standard InChI is InChI=1S/C15H16O3/c1-5-12(18-4)15(17)11-9-7-6-8-10(11)13(16)14(15,2)3/h6-9,17H,1H2,2-4H3. The number of ketones is 1. The highest BCUT2D eigenvalue weighted by Gasteiger charge is 2.60. The van der Waals surface area contributed by atoms with Crippen molar-refractivity contribution in [2.75, 3.05) is 7.11 Å². The van der Waals surface area contributed by atoms with Crippen molar-refractivity contribution in [2.24, 2.45) is 5.41 Å². The van der Waals surface area contributed by atoms with Gasteiger partial charge in [0.2, 0.25) is 0 Å². The molecule has 1 aliphatic rings. The van der Waals surface area contributed by atoms with Gasteiger partial charge >= 0.3 is 0 Å². The van der Waals surface area contributed by atoms with Crippen molar-refractivity contribution in [3.05, 3.63) is 53.5 Å².